The van der Waals surface area contributed by atoms with Gasteiger partial charge in [0, 0.05) is 0 Å². The molecule has 0 aromatic heterocycles. The molecule has 0 saturated heterocycles. The molecule has 0 radical (unpaired) electrons. The molecule has 3 rings (SSSR count). The Hall–Kier alpha value is -1.90. The van der Waals surface area contributed by atoms with E-state index in [9.17, 15) is 8.42 Å². The van der Waals surface area contributed by atoms with Crippen LogP contribution in [0.3, 0.4) is 0 Å². The van der Waals surface area contributed by atoms with Crippen LogP contribution in [0.25, 0.3) is 0 Å². The Kier molecular flexibility index (Phi) is 6.18. The molecule has 3 aromatic carbocycles. The average molecular weight is 496 g/mol. The third-order valence-corrected chi connectivity index (χ3v) is 11.2. The second-order valence-electron chi connectivity index (χ2n) is 6.04. The van der Waals surface area contributed by atoms with Gasteiger partial charge in [0.1, 0.15) is 0 Å². The van der Waals surface area contributed by atoms with Gasteiger partial charge in [-0.15, -0.1) is 0 Å². The summed E-state index contributed by atoms with van der Waals surface area (Å²) in [5.74, 6) is 0.722. The predicted octanol–water partition coefficient (Wildman–Crippen LogP) is 5.18. The minimum atomic E-state index is -3.86. The van der Waals surface area contributed by atoms with Crippen LogP contribution in [0.2, 0.25) is 0 Å². The van der Waals surface area contributed by atoms with Gasteiger partial charge in [0.05, 0.1) is 0 Å². The van der Waals surface area contributed by atoms with Crippen LogP contribution in [0.1, 0.15) is 11.1 Å². The van der Waals surface area contributed by atoms with Crippen molar-refractivity contribution in [1.82, 2.24) is 0 Å². The first-order valence-corrected chi connectivity index (χ1v) is 12.8. The van der Waals surface area contributed by atoms with Crippen LogP contribution in [0, 0.1) is 21.0 Å². The third-order valence-electron chi connectivity index (χ3n) is 3.88. The van der Waals surface area contributed by atoms with Gasteiger partial charge in [-0.3, -0.25) is 0 Å². The molecule has 0 unspecified atom stereocenters. The van der Waals surface area contributed by atoms with Crippen LogP contribution in [0.5, 0.6) is 5.75 Å². The summed E-state index contributed by atoms with van der Waals surface area (Å²) in [6.45, 7) is 3.90. The predicted molar refractivity (Wildman–Crippen MR) is 115 cm³/mol. The maximum absolute atomic E-state index is 12.9. The number of hydrogen-bond donors (Lipinski definition) is 0. The molecule has 0 heterocycles. The maximum atomic E-state index is 12.9. The van der Waals surface area contributed by atoms with Gasteiger partial charge < -0.3 is 0 Å². The summed E-state index contributed by atoms with van der Waals surface area (Å²) in [4.78, 5) is 0.177. The first kappa shape index (κ1) is 19.9. The van der Waals surface area contributed by atoms with Crippen LogP contribution in [-0.4, -0.2) is 15.5 Å². The van der Waals surface area contributed by atoms with E-state index in [2.05, 4.69) is 0 Å². The molecular formula is C21H21IO4S. The Morgan fingerprint density at radius 2 is 1.44 bits per heavy atom. The molecule has 4 nitrogen and oxygen atoms in total. The van der Waals surface area contributed by atoms with E-state index < -0.39 is 30.4 Å². The van der Waals surface area contributed by atoms with Crippen LogP contribution in [0.4, 0.5) is 0 Å². The molecule has 0 fully saturated rings. The average Bonchev–Trinajstić information content (AvgIpc) is 2.67. The number of ether oxygens (including phenoxy) is 1. The molecule has 27 heavy (non-hydrogen) atoms. The number of aryl methyl sites for hydroxylation is 2. The van der Waals surface area contributed by atoms with Crippen molar-refractivity contribution in [2.24, 2.45) is 0 Å². The molecule has 3 aromatic rings. The first-order valence-electron chi connectivity index (χ1n) is 8.31. The zero-order valence-electron chi connectivity index (χ0n) is 15.3. The Bertz CT molecular complexity index is 1010. The van der Waals surface area contributed by atoms with Gasteiger partial charge in [0.15, 0.2) is 0 Å². The topological polar surface area (TPSA) is 52.6 Å². The fraction of sp³-hybridized carbons (Fsp3) is 0.143. The van der Waals surface area contributed by atoms with Crippen molar-refractivity contribution in [3.05, 3.63) is 91.1 Å². The van der Waals surface area contributed by atoms with Crippen LogP contribution >= 0.6 is 20.2 Å². The van der Waals surface area contributed by atoms with Gasteiger partial charge >= 0.3 is 169 Å². The van der Waals surface area contributed by atoms with Crippen LogP contribution in [0.15, 0.2) is 77.7 Å². The summed E-state index contributed by atoms with van der Waals surface area (Å²) in [5.41, 5.74) is 2.07. The van der Waals surface area contributed by atoms with E-state index in [-0.39, 0.29) is 4.90 Å². The number of hydrogen-bond acceptors (Lipinski definition) is 4. The Balaban J connectivity index is 2.02. The quantitative estimate of drug-likeness (QED) is 0.442. The van der Waals surface area contributed by atoms with Crippen molar-refractivity contribution in [2.45, 2.75) is 18.7 Å². The molecule has 0 saturated carbocycles. The molecule has 0 spiro atoms. The van der Waals surface area contributed by atoms with Gasteiger partial charge in [0.25, 0.3) is 0 Å². The van der Waals surface area contributed by atoms with E-state index >= 15 is 0 Å². The molecular weight excluding hydrogens is 475 g/mol. The second kappa shape index (κ2) is 8.41. The van der Waals surface area contributed by atoms with Crippen LogP contribution < -0.4 is 4.74 Å². The van der Waals surface area contributed by atoms with Gasteiger partial charge in [0.2, 0.25) is 0 Å². The summed E-state index contributed by atoms with van der Waals surface area (Å²) in [7, 11) is -2.26. The molecule has 6 heteroatoms. The van der Waals surface area contributed by atoms with Crippen molar-refractivity contribution in [3.8, 4) is 5.75 Å². The molecule has 0 bridgehead atoms. The molecule has 0 aliphatic heterocycles. The van der Waals surface area contributed by atoms with E-state index in [0.717, 1.165) is 24.0 Å². The molecule has 142 valence electrons. The molecule has 0 amide bonds. The zero-order chi connectivity index (χ0) is 19.4. The zero-order valence-corrected chi connectivity index (χ0v) is 18.3. The van der Waals surface area contributed by atoms with Crippen molar-refractivity contribution in [1.29, 1.82) is 0 Å². The number of rotatable bonds is 6. The monoisotopic (exact) mass is 496 g/mol. The third kappa shape index (κ3) is 4.88. The fourth-order valence-electron chi connectivity index (χ4n) is 2.42. The van der Waals surface area contributed by atoms with Crippen molar-refractivity contribution in [2.75, 3.05) is 7.11 Å². The van der Waals surface area contributed by atoms with E-state index in [1.54, 1.807) is 31.4 Å². The second-order valence-corrected chi connectivity index (χ2v) is 12.5. The van der Waals surface area contributed by atoms with Crippen molar-refractivity contribution >= 4 is 30.4 Å². The minimum absolute atomic E-state index is 0.177. The van der Waals surface area contributed by atoms with Gasteiger partial charge in [-0.1, -0.05) is 0 Å². The standard InChI is InChI=1S/C21H21IO4S/c1-16-7-13-21(14-8-16)27(23,24)26-22(19-6-4-5-17(2)15-19)18-9-11-20(25-3)12-10-18/h4-15H,1-3H3. The summed E-state index contributed by atoms with van der Waals surface area (Å²) in [5, 5.41) is 0. The molecule has 0 aliphatic carbocycles. The normalized spacial score (nSPS) is 11.9. The molecule has 0 atom stereocenters. The Morgan fingerprint density at radius 1 is 0.778 bits per heavy atom. The summed E-state index contributed by atoms with van der Waals surface area (Å²) in [6, 6.07) is 22.0. The summed E-state index contributed by atoms with van der Waals surface area (Å²) in [6.07, 6.45) is 0. The Morgan fingerprint density at radius 3 is 2.04 bits per heavy atom. The molecule has 0 aliphatic rings. The number of benzene rings is 3. The van der Waals surface area contributed by atoms with Gasteiger partial charge in [-0.25, -0.2) is 0 Å². The Labute approximate surface area is 168 Å². The van der Waals surface area contributed by atoms with Gasteiger partial charge in [-0.2, -0.15) is 0 Å². The van der Waals surface area contributed by atoms with Crippen LogP contribution in [-0.2, 0) is 12.6 Å². The first-order chi connectivity index (χ1) is 12.9. The van der Waals surface area contributed by atoms with Crippen molar-refractivity contribution in [3.63, 3.8) is 0 Å². The SMILES string of the molecule is COc1ccc(I(OS(=O)(=O)c2ccc(C)cc2)c2cccc(C)c2)cc1. The summed E-state index contributed by atoms with van der Waals surface area (Å²) < 4.78 is 38.7. The van der Waals surface area contributed by atoms with Crippen molar-refractivity contribution < 1.29 is 15.7 Å². The van der Waals surface area contributed by atoms with Gasteiger partial charge in [-0.05, 0) is 0 Å². The molecule has 0 N–H and O–H groups in total. The van der Waals surface area contributed by atoms with E-state index in [1.807, 2.05) is 62.4 Å². The van der Waals surface area contributed by atoms with E-state index in [4.69, 9.17) is 7.25 Å². The number of methoxy groups -OCH3 is 1. The van der Waals surface area contributed by atoms with E-state index in [1.165, 1.54) is 0 Å². The number of halogens is 1. The fourth-order valence-corrected chi connectivity index (χ4v) is 9.60. The van der Waals surface area contributed by atoms with E-state index in [0.29, 0.717) is 0 Å². The summed E-state index contributed by atoms with van der Waals surface area (Å²) >= 11 is -2.68.